The lowest BCUT2D eigenvalue weighted by molar-refractivity contribution is -0.139. The average molecular weight is 234 g/mol. The molecule has 17 heavy (non-hydrogen) atoms. The van der Waals surface area contributed by atoms with Crippen molar-refractivity contribution in [2.45, 2.75) is 13.0 Å². The molecule has 1 aromatic rings. The zero-order chi connectivity index (χ0) is 12.8. The average Bonchev–Trinajstić information content (AvgIpc) is 2.37. The molecule has 0 unspecified atom stereocenters. The van der Waals surface area contributed by atoms with Crippen LogP contribution in [-0.2, 0) is 22.5 Å². The van der Waals surface area contributed by atoms with Crippen molar-refractivity contribution in [1.82, 2.24) is 0 Å². The van der Waals surface area contributed by atoms with Gasteiger partial charge in [-0.1, -0.05) is 0 Å². The van der Waals surface area contributed by atoms with Crippen molar-refractivity contribution in [1.29, 1.82) is 5.26 Å². The molecule has 0 fully saturated rings. The quantitative estimate of drug-likeness (QED) is 0.776. The van der Waals surface area contributed by atoms with Crippen LogP contribution < -0.4 is 10.5 Å². The Balaban J connectivity index is 3.31. The Labute approximate surface area is 99.7 Å². The molecule has 0 aliphatic carbocycles. The maximum absolute atomic E-state index is 11.3. The number of rotatable bonds is 4. The minimum absolute atomic E-state index is 0.0170. The number of nitrogens with zero attached hydrogens (tertiary/aromatic N) is 1. The first-order valence-corrected chi connectivity index (χ1v) is 5.03. The first-order valence-electron chi connectivity index (χ1n) is 5.03. The number of methoxy groups -OCH3 is 2. The summed E-state index contributed by atoms with van der Waals surface area (Å²) in [5.41, 5.74) is 7.27. The summed E-state index contributed by atoms with van der Waals surface area (Å²) in [6.07, 6.45) is 0.0170. The lowest BCUT2D eigenvalue weighted by atomic mass is 9.98. The van der Waals surface area contributed by atoms with E-state index in [2.05, 4.69) is 4.74 Å². The van der Waals surface area contributed by atoms with Crippen molar-refractivity contribution >= 4 is 5.97 Å². The van der Waals surface area contributed by atoms with Gasteiger partial charge in [0.05, 0.1) is 32.3 Å². The highest BCUT2D eigenvalue weighted by Gasteiger charge is 2.16. The number of ether oxygens (including phenoxy) is 2. The summed E-state index contributed by atoms with van der Waals surface area (Å²) < 4.78 is 9.75. The number of benzene rings is 1. The molecule has 0 aliphatic rings. The standard InChI is InChI=1S/C12H14N2O3/c1-16-11-4-3-8(6-13)9(10(11)7-14)5-12(15)17-2/h3-4H,5,7,14H2,1-2H3. The van der Waals surface area contributed by atoms with Gasteiger partial charge in [0.1, 0.15) is 5.75 Å². The van der Waals surface area contributed by atoms with E-state index in [-0.39, 0.29) is 13.0 Å². The van der Waals surface area contributed by atoms with E-state index in [1.54, 1.807) is 12.1 Å². The van der Waals surface area contributed by atoms with Crippen LogP contribution in [-0.4, -0.2) is 20.2 Å². The van der Waals surface area contributed by atoms with E-state index in [9.17, 15) is 4.79 Å². The van der Waals surface area contributed by atoms with Gasteiger partial charge < -0.3 is 15.2 Å². The molecule has 0 spiro atoms. The number of esters is 1. The van der Waals surface area contributed by atoms with E-state index >= 15 is 0 Å². The molecule has 0 heterocycles. The molecule has 0 aliphatic heterocycles. The van der Waals surface area contributed by atoms with Gasteiger partial charge in [-0.3, -0.25) is 4.79 Å². The third-order valence-electron chi connectivity index (χ3n) is 2.48. The van der Waals surface area contributed by atoms with Gasteiger partial charge in [0, 0.05) is 12.1 Å². The summed E-state index contributed by atoms with van der Waals surface area (Å²) in [6, 6.07) is 5.31. The molecule has 1 rings (SSSR count). The van der Waals surface area contributed by atoms with Gasteiger partial charge in [0.2, 0.25) is 0 Å². The van der Waals surface area contributed by atoms with Gasteiger partial charge in [-0.25, -0.2) is 0 Å². The Morgan fingerprint density at radius 1 is 1.41 bits per heavy atom. The van der Waals surface area contributed by atoms with Gasteiger partial charge in [-0.05, 0) is 17.7 Å². The number of hydrogen-bond donors (Lipinski definition) is 1. The Morgan fingerprint density at radius 3 is 2.59 bits per heavy atom. The molecular formula is C12H14N2O3. The van der Waals surface area contributed by atoms with Crippen LogP contribution in [0.2, 0.25) is 0 Å². The van der Waals surface area contributed by atoms with Crippen LogP contribution in [0, 0.1) is 11.3 Å². The van der Waals surface area contributed by atoms with Crippen molar-refractivity contribution in [2.24, 2.45) is 5.73 Å². The lowest BCUT2D eigenvalue weighted by Crippen LogP contribution is -2.12. The van der Waals surface area contributed by atoms with Crippen LogP contribution in [0.5, 0.6) is 5.75 Å². The molecule has 0 saturated heterocycles. The minimum Gasteiger partial charge on any atom is -0.496 e. The Hall–Kier alpha value is -2.06. The summed E-state index contributed by atoms with van der Waals surface area (Å²) >= 11 is 0. The van der Waals surface area contributed by atoms with E-state index in [1.165, 1.54) is 14.2 Å². The summed E-state index contributed by atoms with van der Waals surface area (Å²) in [6.45, 7) is 0.199. The van der Waals surface area contributed by atoms with Crippen molar-refractivity contribution in [3.05, 3.63) is 28.8 Å². The van der Waals surface area contributed by atoms with Crippen molar-refractivity contribution in [3.63, 3.8) is 0 Å². The number of carbonyl (C=O) groups is 1. The Morgan fingerprint density at radius 2 is 2.12 bits per heavy atom. The highest BCUT2D eigenvalue weighted by Crippen LogP contribution is 2.25. The molecule has 0 bridgehead atoms. The van der Waals surface area contributed by atoms with E-state index in [4.69, 9.17) is 15.7 Å². The molecule has 0 amide bonds. The number of carbonyl (C=O) groups excluding carboxylic acids is 1. The van der Waals surface area contributed by atoms with Crippen molar-refractivity contribution in [2.75, 3.05) is 14.2 Å². The van der Waals surface area contributed by atoms with Gasteiger partial charge >= 0.3 is 5.97 Å². The number of hydrogen-bond acceptors (Lipinski definition) is 5. The number of nitriles is 1. The third kappa shape index (κ3) is 2.74. The van der Waals surface area contributed by atoms with Gasteiger partial charge in [-0.15, -0.1) is 0 Å². The van der Waals surface area contributed by atoms with E-state index in [0.29, 0.717) is 22.4 Å². The first-order chi connectivity index (χ1) is 8.17. The van der Waals surface area contributed by atoms with Gasteiger partial charge in [0.15, 0.2) is 0 Å². The zero-order valence-corrected chi connectivity index (χ0v) is 9.82. The summed E-state index contributed by atoms with van der Waals surface area (Å²) in [7, 11) is 2.82. The fraction of sp³-hybridized carbons (Fsp3) is 0.333. The molecule has 0 atom stereocenters. The molecule has 0 radical (unpaired) electrons. The van der Waals surface area contributed by atoms with E-state index in [0.717, 1.165) is 0 Å². The van der Waals surface area contributed by atoms with Crippen molar-refractivity contribution in [3.8, 4) is 11.8 Å². The largest absolute Gasteiger partial charge is 0.496 e. The smallest absolute Gasteiger partial charge is 0.310 e. The normalized spacial score (nSPS) is 9.53. The van der Waals surface area contributed by atoms with Crippen LogP contribution >= 0.6 is 0 Å². The van der Waals surface area contributed by atoms with Crippen LogP contribution in [0.3, 0.4) is 0 Å². The molecule has 0 saturated carbocycles. The van der Waals surface area contributed by atoms with Crippen LogP contribution in [0.4, 0.5) is 0 Å². The van der Waals surface area contributed by atoms with E-state index < -0.39 is 5.97 Å². The topological polar surface area (TPSA) is 85.3 Å². The zero-order valence-electron chi connectivity index (χ0n) is 9.82. The molecule has 5 nitrogen and oxygen atoms in total. The third-order valence-corrected chi connectivity index (χ3v) is 2.48. The maximum atomic E-state index is 11.3. The van der Waals surface area contributed by atoms with Gasteiger partial charge in [-0.2, -0.15) is 5.26 Å². The minimum atomic E-state index is -0.413. The predicted molar refractivity (Wildman–Crippen MR) is 61.3 cm³/mol. The van der Waals surface area contributed by atoms with Crippen LogP contribution in [0.25, 0.3) is 0 Å². The Kier molecular flexibility index (Phi) is 4.49. The molecule has 2 N–H and O–H groups in total. The molecular weight excluding hydrogens is 220 g/mol. The molecule has 90 valence electrons. The monoisotopic (exact) mass is 234 g/mol. The van der Waals surface area contributed by atoms with Gasteiger partial charge in [0.25, 0.3) is 0 Å². The van der Waals surface area contributed by atoms with E-state index in [1.807, 2.05) is 6.07 Å². The summed E-state index contributed by atoms with van der Waals surface area (Å²) in [4.78, 5) is 11.3. The second-order valence-corrected chi connectivity index (χ2v) is 3.34. The highest BCUT2D eigenvalue weighted by molar-refractivity contribution is 5.74. The first kappa shape index (κ1) is 13.0. The second kappa shape index (κ2) is 5.87. The maximum Gasteiger partial charge on any atom is 0.310 e. The lowest BCUT2D eigenvalue weighted by Gasteiger charge is -2.13. The molecule has 5 heteroatoms. The highest BCUT2D eigenvalue weighted by atomic mass is 16.5. The van der Waals surface area contributed by atoms with Crippen LogP contribution in [0.1, 0.15) is 16.7 Å². The summed E-state index contributed by atoms with van der Waals surface area (Å²) in [5, 5.41) is 9.00. The SMILES string of the molecule is COC(=O)Cc1c(C#N)ccc(OC)c1CN. The summed E-state index contributed by atoms with van der Waals surface area (Å²) in [5.74, 6) is 0.162. The predicted octanol–water partition coefficient (Wildman–Crippen LogP) is 0.741. The molecule has 0 aromatic heterocycles. The Bertz CT molecular complexity index is 464. The number of nitrogens with two attached hydrogens (primary N) is 1. The van der Waals surface area contributed by atoms with Crippen LogP contribution in [0.15, 0.2) is 12.1 Å². The molecule has 1 aromatic carbocycles. The second-order valence-electron chi connectivity index (χ2n) is 3.34. The van der Waals surface area contributed by atoms with Crippen molar-refractivity contribution < 1.29 is 14.3 Å². The fourth-order valence-electron chi connectivity index (χ4n) is 1.61. The fourth-order valence-corrected chi connectivity index (χ4v) is 1.61.